The van der Waals surface area contributed by atoms with E-state index in [2.05, 4.69) is 4.98 Å². The van der Waals surface area contributed by atoms with Gasteiger partial charge in [0.05, 0.1) is 0 Å². The molecule has 0 atom stereocenters. The second kappa shape index (κ2) is 5.17. The SMILES string of the molecule is Cc1cnc(Cl)cc1Oc1cc(C)c(Cl)c(C)c1. The largest absolute Gasteiger partial charge is 0.457 e. The van der Waals surface area contributed by atoms with E-state index in [1.807, 2.05) is 32.9 Å². The summed E-state index contributed by atoms with van der Waals surface area (Å²) in [5.41, 5.74) is 2.92. The first-order valence-electron chi connectivity index (χ1n) is 5.54. The lowest BCUT2D eigenvalue weighted by Crippen LogP contribution is -1.91. The van der Waals surface area contributed by atoms with Crippen molar-refractivity contribution in [1.82, 2.24) is 4.98 Å². The summed E-state index contributed by atoms with van der Waals surface area (Å²) in [5.74, 6) is 1.45. The Morgan fingerprint density at radius 1 is 0.944 bits per heavy atom. The molecular formula is C14H13Cl2NO. The van der Waals surface area contributed by atoms with Crippen molar-refractivity contribution in [3.63, 3.8) is 0 Å². The summed E-state index contributed by atoms with van der Waals surface area (Å²) >= 11 is 12.0. The fourth-order valence-corrected chi connectivity index (χ4v) is 1.94. The molecule has 1 heterocycles. The minimum absolute atomic E-state index is 0.415. The molecule has 0 aliphatic rings. The number of ether oxygens (including phenoxy) is 1. The number of aryl methyl sites for hydroxylation is 3. The van der Waals surface area contributed by atoms with Crippen molar-refractivity contribution in [3.8, 4) is 11.5 Å². The van der Waals surface area contributed by atoms with Crippen LogP contribution in [0.4, 0.5) is 0 Å². The van der Waals surface area contributed by atoms with Crippen molar-refractivity contribution < 1.29 is 4.74 Å². The number of halogens is 2. The van der Waals surface area contributed by atoms with Gasteiger partial charge < -0.3 is 4.74 Å². The molecule has 2 aromatic rings. The van der Waals surface area contributed by atoms with Crippen molar-refractivity contribution in [2.45, 2.75) is 20.8 Å². The summed E-state index contributed by atoms with van der Waals surface area (Å²) < 4.78 is 5.82. The highest BCUT2D eigenvalue weighted by atomic mass is 35.5. The van der Waals surface area contributed by atoms with Crippen molar-refractivity contribution in [1.29, 1.82) is 0 Å². The molecule has 94 valence electrons. The lowest BCUT2D eigenvalue weighted by atomic mass is 10.1. The molecule has 0 saturated carbocycles. The van der Waals surface area contributed by atoms with Crippen LogP contribution in [0, 0.1) is 20.8 Å². The highest BCUT2D eigenvalue weighted by Gasteiger charge is 2.07. The molecule has 2 rings (SSSR count). The second-order valence-corrected chi connectivity index (χ2v) is 5.01. The van der Waals surface area contributed by atoms with Crippen molar-refractivity contribution in [2.75, 3.05) is 0 Å². The first-order chi connectivity index (χ1) is 8.47. The standard InChI is InChI=1S/C14H13Cl2NO/c1-8-4-11(5-9(2)14(8)16)18-12-6-13(15)17-7-10(12)3/h4-7H,1-3H3. The number of benzene rings is 1. The summed E-state index contributed by atoms with van der Waals surface area (Å²) in [4.78, 5) is 3.99. The molecule has 2 nitrogen and oxygen atoms in total. The van der Waals surface area contributed by atoms with E-state index in [1.54, 1.807) is 12.3 Å². The predicted octanol–water partition coefficient (Wildman–Crippen LogP) is 5.11. The van der Waals surface area contributed by atoms with Crippen LogP contribution >= 0.6 is 23.2 Å². The van der Waals surface area contributed by atoms with E-state index in [-0.39, 0.29) is 0 Å². The fourth-order valence-electron chi connectivity index (χ4n) is 1.68. The number of aromatic nitrogens is 1. The zero-order valence-electron chi connectivity index (χ0n) is 10.4. The van der Waals surface area contributed by atoms with Crippen LogP contribution < -0.4 is 4.74 Å². The molecule has 0 spiro atoms. The Labute approximate surface area is 117 Å². The maximum Gasteiger partial charge on any atom is 0.134 e. The minimum Gasteiger partial charge on any atom is -0.457 e. The molecule has 0 aliphatic carbocycles. The van der Waals surface area contributed by atoms with Gasteiger partial charge in [-0.05, 0) is 44.0 Å². The van der Waals surface area contributed by atoms with Crippen LogP contribution in [0.3, 0.4) is 0 Å². The number of nitrogens with zero attached hydrogens (tertiary/aromatic N) is 1. The highest BCUT2D eigenvalue weighted by molar-refractivity contribution is 6.32. The average molecular weight is 282 g/mol. The van der Waals surface area contributed by atoms with Gasteiger partial charge in [0.1, 0.15) is 16.7 Å². The first-order valence-corrected chi connectivity index (χ1v) is 6.29. The predicted molar refractivity (Wildman–Crippen MR) is 75.0 cm³/mol. The third-order valence-corrected chi connectivity index (χ3v) is 3.46. The lowest BCUT2D eigenvalue weighted by Gasteiger charge is -2.11. The van der Waals surface area contributed by atoms with Crippen LogP contribution in [0.5, 0.6) is 11.5 Å². The van der Waals surface area contributed by atoms with E-state index in [4.69, 9.17) is 27.9 Å². The Balaban J connectivity index is 2.37. The number of rotatable bonds is 2. The Morgan fingerprint density at radius 3 is 2.17 bits per heavy atom. The maximum absolute atomic E-state index is 6.12. The van der Waals surface area contributed by atoms with Gasteiger partial charge in [-0.1, -0.05) is 23.2 Å². The molecule has 1 aromatic heterocycles. The Bertz CT molecular complexity index is 573. The molecule has 0 unspecified atom stereocenters. The van der Waals surface area contributed by atoms with Gasteiger partial charge in [-0.25, -0.2) is 4.98 Å². The van der Waals surface area contributed by atoms with E-state index >= 15 is 0 Å². The van der Waals surface area contributed by atoms with Gasteiger partial charge >= 0.3 is 0 Å². The zero-order valence-corrected chi connectivity index (χ0v) is 11.9. The van der Waals surface area contributed by atoms with Crippen LogP contribution in [0.15, 0.2) is 24.4 Å². The van der Waals surface area contributed by atoms with E-state index in [0.717, 1.165) is 27.5 Å². The van der Waals surface area contributed by atoms with Crippen LogP contribution in [-0.4, -0.2) is 4.98 Å². The maximum atomic E-state index is 6.12. The van der Waals surface area contributed by atoms with E-state index < -0.39 is 0 Å². The van der Waals surface area contributed by atoms with E-state index in [1.165, 1.54) is 0 Å². The Hall–Kier alpha value is -1.25. The lowest BCUT2D eigenvalue weighted by molar-refractivity contribution is 0.477. The molecule has 4 heteroatoms. The normalized spacial score (nSPS) is 10.5. The minimum atomic E-state index is 0.415. The van der Waals surface area contributed by atoms with Gasteiger partial charge in [-0.2, -0.15) is 0 Å². The van der Waals surface area contributed by atoms with Gasteiger partial charge in [-0.15, -0.1) is 0 Å². The van der Waals surface area contributed by atoms with Crippen molar-refractivity contribution >= 4 is 23.2 Å². The molecule has 0 aliphatic heterocycles. The Morgan fingerprint density at radius 2 is 1.56 bits per heavy atom. The quantitative estimate of drug-likeness (QED) is 0.714. The third kappa shape index (κ3) is 2.77. The first kappa shape index (κ1) is 13.2. The number of hydrogen-bond acceptors (Lipinski definition) is 2. The smallest absolute Gasteiger partial charge is 0.134 e. The van der Waals surface area contributed by atoms with Gasteiger partial charge in [-0.3, -0.25) is 0 Å². The van der Waals surface area contributed by atoms with Gasteiger partial charge in [0.15, 0.2) is 0 Å². The molecule has 18 heavy (non-hydrogen) atoms. The molecule has 0 bridgehead atoms. The number of pyridine rings is 1. The third-order valence-electron chi connectivity index (χ3n) is 2.66. The van der Waals surface area contributed by atoms with Crippen LogP contribution in [0.1, 0.15) is 16.7 Å². The summed E-state index contributed by atoms with van der Waals surface area (Å²) in [5, 5.41) is 1.19. The zero-order chi connectivity index (χ0) is 13.3. The average Bonchev–Trinajstić information content (AvgIpc) is 2.31. The topological polar surface area (TPSA) is 22.1 Å². The van der Waals surface area contributed by atoms with Crippen molar-refractivity contribution in [2.24, 2.45) is 0 Å². The van der Waals surface area contributed by atoms with Gasteiger partial charge in [0, 0.05) is 22.8 Å². The molecule has 0 N–H and O–H groups in total. The number of hydrogen-bond donors (Lipinski definition) is 0. The summed E-state index contributed by atoms with van der Waals surface area (Å²) in [6, 6.07) is 5.52. The second-order valence-electron chi connectivity index (χ2n) is 4.25. The summed E-state index contributed by atoms with van der Waals surface area (Å²) in [6.45, 7) is 5.83. The molecular weight excluding hydrogens is 269 g/mol. The van der Waals surface area contributed by atoms with Crippen LogP contribution in [0.2, 0.25) is 10.2 Å². The fraction of sp³-hybridized carbons (Fsp3) is 0.214. The molecule has 0 saturated heterocycles. The molecule has 1 aromatic carbocycles. The van der Waals surface area contributed by atoms with Gasteiger partial charge in [0.2, 0.25) is 0 Å². The molecule has 0 fully saturated rings. The summed E-state index contributed by atoms with van der Waals surface area (Å²) in [7, 11) is 0. The molecule has 0 amide bonds. The summed E-state index contributed by atoms with van der Waals surface area (Å²) in [6.07, 6.45) is 1.69. The monoisotopic (exact) mass is 281 g/mol. The van der Waals surface area contributed by atoms with E-state index in [9.17, 15) is 0 Å². The van der Waals surface area contributed by atoms with E-state index in [0.29, 0.717) is 10.9 Å². The Kier molecular flexibility index (Phi) is 3.79. The highest BCUT2D eigenvalue weighted by Crippen LogP contribution is 2.31. The molecule has 0 radical (unpaired) electrons. The van der Waals surface area contributed by atoms with Crippen LogP contribution in [-0.2, 0) is 0 Å². The van der Waals surface area contributed by atoms with Crippen LogP contribution in [0.25, 0.3) is 0 Å². The van der Waals surface area contributed by atoms with Crippen molar-refractivity contribution in [3.05, 3.63) is 51.3 Å². The van der Waals surface area contributed by atoms with Gasteiger partial charge in [0.25, 0.3) is 0 Å².